The Morgan fingerprint density at radius 3 is 2.92 bits per heavy atom. The van der Waals surface area contributed by atoms with Gasteiger partial charge < -0.3 is 11.5 Å². The highest BCUT2D eigenvalue weighted by atomic mass is 35.5. The predicted molar refractivity (Wildman–Crippen MR) is 49.6 cm³/mol. The molecule has 4 N–H and O–H groups in total. The van der Waals surface area contributed by atoms with Crippen molar-refractivity contribution in [2.75, 3.05) is 12.3 Å². The van der Waals surface area contributed by atoms with Crippen LogP contribution in [-0.4, -0.2) is 11.5 Å². The zero-order valence-corrected chi connectivity index (χ0v) is 7.10. The van der Waals surface area contributed by atoms with Gasteiger partial charge in [-0.25, -0.2) is 4.98 Å². The quantitative estimate of drug-likeness (QED) is 0.577. The fourth-order valence-electron chi connectivity index (χ4n) is 0.684. The summed E-state index contributed by atoms with van der Waals surface area (Å²) in [6.07, 6.45) is 1.53. The highest BCUT2D eigenvalue weighted by Crippen LogP contribution is 2.15. The van der Waals surface area contributed by atoms with Gasteiger partial charge in [0.15, 0.2) is 0 Å². The lowest BCUT2D eigenvalue weighted by Crippen LogP contribution is -1.94. The Hall–Kier alpha value is -1.24. The number of aromatic nitrogens is 1. The number of anilines is 1. The number of pyridine rings is 1. The first-order valence-electron chi connectivity index (χ1n) is 3.34. The van der Waals surface area contributed by atoms with Gasteiger partial charge in [-0.15, -0.1) is 0 Å². The normalized spacial score (nSPS) is 8.83. The standard InChI is InChI=1S/C8H8ClN3/c9-7-4-8(11)12-5-6(7)2-1-3-10/h4-5H,3,10H2,(H2,11,12). The van der Waals surface area contributed by atoms with Crippen molar-refractivity contribution in [3.8, 4) is 11.8 Å². The molecular weight excluding hydrogens is 174 g/mol. The molecule has 1 aromatic heterocycles. The van der Waals surface area contributed by atoms with Crippen molar-refractivity contribution in [2.24, 2.45) is 5.73 Å². The topological polar surface area (TPSA) is 64.9 Å². The van der Waals surface area contributed by atoms with Crippen LogP contribution in [0.2, 0.25) is 5.02 Å². The molecule has 3 nitrogen and oxygen atoms in total. The van der Waals surface area contributed by atoms with Crippen LogP contribution in [0, 0.1) is 11.8 Å². The van der Waals surface area contributed by atoms with Crippen LogP contribution in [0.25, 0.3) is 0 Å². The van der Waals surface area contributed by atoms with Crippen molar-refractivity contribution in [2.45, 2.75) is 0 Å². The first kappa shape index (κ1) is 8.85. The Balaban J connectivity index is 3.01. The number of nitrogens with two attached hydrogens (primary N) is 2. The van der Waals surface area contributed by atoms with E-state index in [1.165, 1.54) is 6.20 Å². The minimum Gasteiger partial charge on any atom is -0.384 e. The molecule has 0 fully saturated rings. The van der Waals surface area contributed by atoms with E-state index in [2.05, 4.69) is 16.8 Å². The molecule has 0 radical (unpaired) electrons. The summed E-state index contributed by atoms with van der Waals surface area (Å²) in [6, 6.07) is 1.56. The molecule has 0 unspecified atom stereocenters. The molecule has 0 aliphatic heterocycles. The summed E-state index contributed by atoms with van der Waals surface area (Å²) >= 11 is 5.80. The number of rotatable bonds is 0. The molecule has 4 heteroatoms. The van der Waals surface area contributed by atoms with Gasteiger partial charge in [0.2, 0.25) is 0 Å². The number of halogens is 1. The van der Waals surface area contributed by atoms with Crippen molar-refractivity contribution in [3.63, 3.8) is 0 Å². The van der Waals surface area contributed by atoms with Gasteiger partial charge in [-0.05, 0) is 0 Å². The summed E-state index contributed by atoms with van der Waals surface area (Å²) in [5.74, 6) is 5.84. The maximum absolute atomic E-state index is 5.80. The third-order valence-electron chi connectivity index (χ3n) is 1.20. The maximum Gasteiger partial charge on any atom is 0.124 e. The second kappa shape index (κ2) is 3.96. The molecule has 0 atom stereocenters. The Morgan fingerprint density at radius 2 is 2.33 bits per heavy atom. The van der Waals surface area contributed by atoms with Crippen molar-refractivity contribution < 1.29 is 0 Å². The molecule has 1 rings (SSSR count). The van der Waals surface area contributed by atoms with E-state index < -0.39 is 0 Å². The molecule has 0 aliphatic rings. The van der Waals surface area contributed by atoms with E-state index in [4.69, 9.17) is 23.1 Å². The summed E-state index contributed by atoms with van der Waals surface area (Å²) in [4.78, 5) is 3.84. The van der Waals surface area contributed by atoms with Gasteiger partial charge in [0, 0.05) is 12.3 Å². The molecule has 0 aliphatic carbocycles. The van der Waals surface area contributed by atoms with Crippen molar-refractivity contribution in [1.82, 2.24) is 4.98 Å². The zero-order valence-electron chi connectivity index (χ0n) is 6.34. The van der Waals surface area contributed by atoms with Crippen LogP contribution in [0.4, 0.5) is 5.82 Å². The number of nitrogens with zero attached hydrogens (tertiary/aromatic N) is 1. The molecule has 12 heavy (non-hydrogen) atoms. The molecule has 0 saturated heterocycles. The van der Waals surface area contributed by atoms with Crippen molar-refractivity contribution in [3.05, 3.63) is 22.8 Å². The van der Waals surface area contributed by atoms with Crippen LogP contribution in [0.5, 0.6) is 0 Å². The van der Waals surface area contributed by atoms with Crippen LogP contribution in [0.3, 0.4) is 0 Å². The van der Waals surface area contributed by atoms with E-state index >= 15 is 0 Å². The molecule has 0 amide bonds. The molecular formula is C8H8ClN3. The van der Waals surface area contributed by atoms with Crippen LogP contribution in [0.15, 0.2) is 12.3 Å². The third kappa shape index (κ3) is 2.12. The Kier molecular flexibility index (Phi) is 2.92. The van der Waals surface area contributed by atoms with Crippen LogP contribution in [0.1, 0.15) is 5.56 Å². The fraction of sp³-hybridized carbons (Fsp3) is 0.125. The molecule has 0 spiro atoms. The van der Waals surface area contributed by atoms with E-state index in [0.717, 1.165) is 0 Å². The highest BCUT2D eigenvalue weighted by Gasteiger charge is 1.96. The Labute approximate surface area is 75.7 Å². The summed E-state index contributed by atoms with van der Waals surface area (Å²) < 4.78 is 0. The lowest BCUT2D eigenvalue weighted by atomic mass is 10.3. The minimum atomic E-state index is 0.306. The first-order valence-corrected chi connectivity index (χ1v) is 3.72. The monoisotopic (exact) mass is 181 g/mol. The van der Waals surface area contributed by atoms with Crippen molar-refractivity contribution >= 4 is 17.4 Å². The van der Waals surface area contributed by atoms with Crippen molar-refractivity contribution in [1.29, 1.82) is 0 Å². The molecule has 1 aromatic rings. The second-order valence-electron chi connectivity index (χ2n) is 2.09. The largest absolute Gasteiger partial charge is 0.384 e. The van der Waals surface area contributed by atoms with Gasteiger partial charge in [0.25, 0.3) is 0 Å². The maximum atomic E-state index is 5.80. The van der Waals surface area contributed by atoms with Crippen LogP contribution in [-0.2, 0) is 0 Å². The summed E-state index contributed by atoms with van der Waals surface area (Å²) in [5, 5.41) is 0.503. The Morgan fingerprint density at radius 1 is 1.58 bits per heavy atom. The number of hydrogen-bond acceptors (Lipinski definition) is 3. The smallest absolute Gasteiger partial charge is 0.124 e. The minimum absolute atomic E-state index is 0.306. The average molecular weight is 182 g/mol. The second-order valence-corrected chi connectivity index (χ2v) is 2.50. The molecule has 62 valence electrons. The molecule has 0 bridgehead atoms. The third-order valence-corrected chi connectivity index (χ3v) is 1.51. The summed E-state index contributed by atoms with van der Waals surface area (Å²) in [7, 11) is 0. The van der Waals surface area contributed by atoms with Crippen LogP contribution >= 0.6 is 11.6 Å². The van der Waals surface area contributed by atoms with Gasteiger partial charge >= 0.3 is 0 Å². The van der Waals surface area contributed by atoms with Gasteiger partial charge in [0.1, 0.15) is 5.82 Å². The number of nitrogen functional groups attached to an aromatic ring is 1. The Bertz CT molecular complexity index is 338. The van der Waals surface area contributed by atoms with Gasteiger partial charge in [-0.2, -0.15) is 0 Å². The van der Waals surface area contributed by atoms with E-state index in [9.17, 15) is 0 Å². The highest BCUT2D eigenvalue weighted by molar-refractivity contribution is 6.31. The summed E-state index contributed by atoms with van der Waals surface area (Å²) in [5.41, 5.74) is 11.2. The fourth-order valence-corrected chi connectivity index (χ4v) is 0.892. The average Bonchev–Trinajstić information content (AvgIpc) is 2.03. The van der Waals surface area contributed by atoms with E-state index in [1.54, 1.807) is 6.07 Å². The van der Waals surface area contributed by atoms with Gasteiger partial charge in [0.05, 0.1) is 17.1 Å². The van der Waals surface area contributed by atoms with E-state index in [1.807, 2.05) is 0 Å². The van der Waals surface area contributed by atoms with Crippen LogP contribution < -0.4 is 11.5 Å². The van der Waals surface area contributed by atoms with Gasteiger partial charge in [-0.1, -0.05) is 23.4 Å². The molecule has 0 aromatic carbocycles. The SMILES string of the molecule is NCC#Cc1cnc(N)cc1Cl. The lowest BCUT2D eigenvalue weighted by Gasteiger charge is -1.95. The van der Waals surface area contributed by atoms with E-state index in [-0.39, 0.29) is 0 Å². The lowest BCUT2D eigenvalue weighted by molar-refractivity contribution is 1.29. The number of hydrogen-bond donors (Lipinski definition) is 2. The van der Waals surface area contributed by atoms with Gasteiger partial charge in [-0.3, -0.25) is 0 Å². The van der Waals surface area contributed by atoms with E-state index in [0.29, 0.717) is 22.9 Å². The predicted octanol–water partition coefficient (Wildman–Crippen LogP) is 0.627. The first-order chi connectivity index (χ1) is 5.74. The molecule has 1 heterocycles. The summed E-state index contributed by atoms with van der Waals surface area (Å²) in [6.45, 7) is 0.306. The zero-order chi connectivity index (χ0) is 8.97. The molecule has 0 saturated carbocycles.